The summed E-state index contributed by atoms with van der Waals surface area (Å²) >= 11 is 7.29. The molecule has 126 valence electrons. The van der Waals surface area contributed by atoms with Crippen LogP contribution in [0.5, 0.6) is 5.75 Å². The van der Waals surface area contributed by atoms with Crippen LogP contribution in [-0.2, 0) is 17.6 Å². The maximum Gasteiger partial charge on any atom is 0.262 e. The topological polar surface area (TPSA) is 67.4 Å². The second-order valence-corrected chi connectivity index (χ2v) is 6.97. The molecule has 2 N–H and O–H groups in total. The third-order valence-corrected chi connectivity index (χ3v) is 5.27. The van der Waals surface area contributed by atoms with E-state index in [1.54, 1.807) is 31.3 Å². The number of halogens is 1. The number of hydrogen-bond acceptors (Lipinski definition) is 4. The lowest BCUT2D eigenvalue weighted by atomic mass is 10.1. The van der Waals surface area contributed by atoms with Gasteiger partial charge in [0.15, 0.2) is 6.61 Å². The highest BCUT2D eigenvalue weighted by molar-refractivity contribution is 7.17. The second kappa shape index (κ2) is 7.23. The van der Waals surface area contributed by atoms with Crippen LogP contribution in [0.2, 0.25) is 5.02 Å². The Morgan fingerprint density at radius 2 is 2.00 bits per heavy atom. The Balaban J connectivity index is 1.68. The van der Waals surface area contributed by atoms with Crippen molar-refractivity contribution in [1.82, 2.24) is 5.32 Å². The van der Waals surface area contributed by atoms with Gasteiger partial charge in [-0.05, 0) is 49.1 Å². The van der Waals surface area contributed by atoms with Gasteiger partial charge in [-0.2, -0.15) is 0 Å². The summed E-state index contributed by atoms with van der Waals surface area (Å²) in [7, 11) is 1.59. The molecule has 0 unspecified atom stereocenters. The van der Waals surface area contributed by atoms with E-state index in [4.69, 9.17) is 16.3 Å². The summed E-state index contributed by atoms with van der Waals surface area (Å²) in [6.45, 7) is -0.128. The minimum Gasteiger partial charge on any atom is -0.484 e. The molecule has 1 aromatic carbocycles. The Kier molecular flexibility index (Phi) is 5.06. The van der Waals surface area contributed by atoms with Crippen molar-refractivity contribution in [2.75, 3.05) is 19.0 Å². The number of ether oxygens (including phenoxy) is 1. The highest BCUT2D eigenvalue weighted by Crippen LogP contribution is 2.39. The van der Waals surface area contributed by atoms with Gasteiger partial charge in [0, 0.05) is 16.9 Å². The lowest BCUT2D eigenvalue weighted by Crippen LogP contribution is -2.24. The van der Waals surface area contributed by atoms with Crippen molar-refractivity contribution >= 4 is 39.8 Å². The summed E-state index contributed by atoms with van der Waals surface area (Å²) in [6, 6.07) is 6.79. The zero-order valence-corrected chi connectivity index (χ0v) is 14.7. The van der Waals surface area contributed by atoms with E-state index in [0.29, 0.717) is 21.3 Å². The fourth-order valence-corrected chi connectivity index (χ4v) is 4.13. The van der Waals surface area contributed by atoms with E-state index >= 15 is 0 Å². The molecule has 1 heterocycles. The first-order valence-corrected chi connectivity index (χ1v) is 8.82. The van der Waals surface area contributed by atoms with Crippen molar-refractivity contribution in [3.8, 4) is 5.75 Å². The van der Waals surface area contributed by atoms with E-state index in [9.17, 15) is 9.59 Å². The van der Waals surface area contributed by atoms with Crippen molar-refractivity contribution in [2.45, 2.75) is 19.3 Å². The van der Waals surface area contributed by atoms with Gasteiger partial charge in [-0.3, -0.25) is 9.59 Å². The summed E-state index contributed by atoms with van der Waals surface area (Å²) in [5, 5.41) is 6.66. The number of thiophene rings is 1. The van der Waals surface area contributed by atoms with Gasteiger partial charge in [-0.15, -0.1) is 11.3 Å². The first kappa shape index (κ1) is 16.8. The van der Waals surface area contributed by atoms with Crippen LogP contribution < -0.4 is 15.4 Å². The number of amides is 2. The minimum atomic E-state index is -0.296. The molecule has 24 heavy (non-hydrogen) atoms. The monoisotopic (exact) mass is 364 g/mol. The van der Waals surface area contributed by atoms with Gasteiger partial charge in [-0.1, -0.05) is 11.6 Å². The van der Waals surface area contributed by atoms with Crippen LogP contribution in [0.15, 0.2) is 24.3 Å². The quantitative estimate of drug-likeness (QED) is 0.855. The number of anilines is 1. The molecule has 0 fully saturated rings. The molecule has 1 aromatic heterocycles. The Morgan fingerprint density at radius 3 is 2.71 bits per heavy atom. The number of nitrogens with one attached hydrogen (secondary N) is 2. The predicted octanol–water partition coefficient (Wildman–Crippen LogP) is 3.27. The fraction of sp³-hybridized carbons (Fsp3) is 0.294. The predicted molar refractivity (Wildman–Crippen MR) is 95.3 cm³/mol. The van der Waals surface area contributed by atoms with Crippen LogP contribution in [-0.4, -0.2) is 25.5 Å². The molecule has 1 aliphatic carbocycles. The van der Waals surface area contributed by atoms with Crippen molar-refractivity contribution in [3.63, 3.8) is 0 Å². The number of rotatable bonds is 5. The van der Waals surface area contributed by atoms with Gasteiger partial charge in [0.25, 0.3) is 11.8 Å². The van der Waals surface area contributed by atoms with Crippen LogP contribution in [0.1, 0.15) is 27.2 Å². The van der Waals surface area contributed by atoms with Crippen molar-refractivity contribution in [2.24, 2.45) is 0 Å². The van der Waals surface area contributed by atoms with Crippen LogP contribution in [0, 0.1) is 0 Å². The van der Waals surface area contributed by atoms with Crippen LogP contribution in [0.25, 0.3) is 0 Å². The standard InChI is InChI=1S/C17H17ClN2O3S/c1-19-16(22)15-12-3-2-4-13(12)24-17(15)20-14(21)9-23-11-7-5-10(18)6-8-11/h5-8H,2-4,9H2,1H3,(H,19,22)(H,20,21). The molecular formula is C17H17ClN2O3S. The SMILES string of the molecule is CNC(=O)c1c(NC(=O)COc2ccc(Cl)cc2)sc2c1CCC2. The third-order valence-electron chi connectivity index (χ3n) is 3.81. The second-order valence-electron chi connectivity index (χ2n) is 5.43. The molecule has 0 aliphatic heterocycles. The van der Waals surface area contributed by atoms with Gasteiger partial charge in [-0.25, -0.2) is 0 Å². The summed E-state index contributed by atoms with van der Waals surface area (Å²) in [5.74, 6) is 0.105. The zero-order chi connectivity index (χ0) is 17.1. The first-order chi connectivity index (χ1) is 11.6. The lowest BCUT2D eigenvalue weighted by molar-refractivity contribution is -0.118. The fourth-order valence-electron chi connectivity index (χ4n) is 2.70. The van der Waals surface area contributed by atoms with Crippen molar-refractivity contribution in [1.29, 1.82) is 0 Å². The minimum absolute atomic E-state index is 0.128. The molecule has 0 atom stereocenters. The molecule has 5 nitrogen and oxygen atoms in total. The van der Waals surface area contributed by atoms with Gasteiger partial charge < -0.3 is 15.4 Å². The molecule has 0 saturated carbocycles. The maximum absolute atomic E-state index is 12.2. The van der Waals surface area contributed by atoms with Gasteiger partial charge in [0.05, 0.1) is 5.56 Å². The molecule has 0 radical (unpaired) electrons. The van der Waals surface area contributed by atoms with E-state index in [0.717, 1.165) is 24.8 Å². The molecule has 0 bridgehead atoms. The van der Waals surface area contributed by atoms with Crippen LogP contribution in [0.4, 0.5) is 5.00 Å². The molecule has 7 heteroatoms. The summed E-state index contributed by atoms with van der Waals surface area (Å²) in [5.41, 5.74) is 1.66. The van der Waals surface area contributed by atoms with Crippen LogP contribution >= 0.6 is 22.9 Å². The highest BCUT2D eigenvalue weighted by atomic mass is 35.5. The Labute approximate surface area is 149 Å². The van der Waals surface area contributed by atoms with Gasteiger partial charge in [0.2, 0.25) is 0 Å². The molecule has 0 saturated heterocycles. The molecule has 1 aliphatic rings. The molecule has 2 amide bonds. The van der Waals surface area contributed by atoms with E-state index in [1.807, 2.05) is 0 Å². The third kappa shape index (κ3) is 3.55. The summed E-state index contributed by atoms with van der Waals surface area (Å²) in [6.07, 6.45) is 2.89. The van der Waals surface area contributed by atoms with E-state index < -0.39 is 0 Å². The first-order valence-electron chi connectivity index (χ1n) is 7.63. The Hall–Kier alpha value is -2.05. The molecular weight excluding hydrogens is 348 g/mol. The summed E-state index contributed by atoms with van der Waals surface area (Å²) in [4.78, 5) is 25.5. The van der Waals surface area contributed by atoms with Gasteiger partial charge in [0.1, 0.15) is 10.8 Å². The number of aryl methyl sites for hydroxylation is 1. The lowest BCUT2D eigenvalue weighted by Gasteiger charge is -2.09. The number of carbonyl (C=O) groups is 2. The molecule has 3 rings (SSSR count). The number of hydrogen-bond donors (Lipinski definition) is 2. The maximum atomic E-state index is 12.2. The van der Waals surface area contributed by atoms with Crippen LogP contribution in [0.3, 0.4) is 0 Å². The largest absolute Gasteiger partial charge is 0.484 e. The number of benzene rings is 1. The average Bonchev–Trinajstić information content (AvgIpc) is 3.14. The van der Waals surface area contributed by atoms with Gasteiger partial charge >= 0.3 is 0 Å². The Bertz CT molecular complexity index is 771. The van der Waals surface area contributed by atoms with E-state index in [2.05, 4.69) is 10.6 Å². The van der Waals surface area contributed by atoms with E-state index in [-0.39, 0.29) is 18.4 Å². The Morgan fingerprint density at radius 1 is 1.25 bits per heavy atom. The number of fused-ring (bicyclic) bond motifs is 1. The van der Waals surface area contributed by atoms with Crippen molar-refractivity contribution in [3.05, 3.63) is 45.3 Å². The number of carbonyl (C=O) groups excluding carboxylic acids is 2. The van der Waals surface area contributed by atoms with E-state index in [1.165, 1.54) is 16.2 Å². The summed E-state index contributed by atoms with van der Waals surface area (Å²) < 4.78 is 5.43. The highest BCUT2D eigenvalue weighted by Gasteiger charge is 2.26. The normalized spacial score (nSPS) is 12.6. The molecule has 0 spiro atoms. The van der Waals surface area contributed by atoms with Crippen molar-refractivity contribution < 1.29 is 14.3 Å². The average molecular weight is 365 g/mol. The zero-order valence-electron chi connectivity index (χ0n) is 13.1. The smallest absolute Gasteiger partial charge is 0.262 e. The molecule has 2 aromatic rings.